The number of anilines is 1. The van der Waals surface area contributed by atoms with Crippen LogP contribution in [0.3, 0.4) is 0 Å². The van der Waals surface area contributed by atoms with Gasteiger partial charge in [-0.25, -0.2) is 0 Å². The number of fused-ring (bicyclic) bond motifs is 1. The van der Waals surface area contributed by atoms with Crippen molar-refractivity contribution in [2.45, 2.75) is 57.3 Å². The number of halogens is 1. The van der Waals surface area contributed by atoms with Gasteiger partial charge in [0, 0.05) is 17.1 Å². The average Bonchev–Trinajstić information content (AvgIpc) is 2.71. The molecular formula is C24H29BrN2O2. The van der Waals surface area contributed by atoms with Crippen LogP contribution in [0.4, 0.5) is 5.69 Å². The van der Waals surface area contributed by atoms with Gasteiger partial charge >= 0.3 is 0 Å². The van der Waals surface area contributed by atoms with E-state index in [9.17, 15) is 9.59 Å². The second-order valence-electron chi connectivity index (χ2n) is 8.90. The second kappa shape index (κ2) is 8.31. The van der Waals surface area contributed by atoms with Gasteiger partial charge in [0.15, 0.2) is 0 Å². The molecule has 2 aromatic carbocycles. The highest BCUT2D eigenvalue weighted by Gasteiger charge is 2.36. The fourth-order valence-electron chi connectivity index (χ4n) is 3.94. The number of amides is 2. The number of nitrogens with zero attached hydrogens (tertiary/aromatic N) is 1. The van der Waals surface area contributed by atoms with E-state index < -0.39 is 0 Å². The third-order valence-electron chi connectivity index (χ3n) is 5.21. The summed E-state index contributed by atoms with van der Waals surface area (Å²) >= 11 is 3.61. The van der Waals surface area contributed by atoms with Crippen LogP contribution in [0.2, 0.25) is 0 Å². The number of alkyl halides is 1. The summed E-state index contributed by atoms with van der Waals surface area (Å²) in [5.74, 6) is -0.153. The molecule has 0 aromatic heterocycles. The Morgan fingerprint density at radius 2 is 1.83 bits per heavy atom. The van der Waals surface area contributed by atoms with E-state index in [0.29, 0.717) is 6.42 Å². The second-order valence-corrected chi connectivity index (χ2v) is 10.0. The molecule has 2 atom stereocenters. The van der Waals surface area contributed by atoms with Crippen molar-refractivity contribution in [1.82, 2.24) is 5.32 Å². The van der Waals surface area contributed by atoms with Crippen LogP contribution in [0.15, 0.2) is 42.5 Å². The lowest BCUT2D eigenvalue weighted by atomic mass is 9.84. The number of aryl methyl sites for hydroxylation is 2. The number of carbonyl (C=O) groups excluding carboxylic acids is 2. The minimum absolute atomic E-state index is 0.00908. The molecule has 3 rings (SSSR count). The van der Waals surface area contributed by atoms with E-state index in [0.717, 1.165) is 16.8 Å². The zero-order valence-electron chi connectivity index (χ0n) is 17.8. The molecule has 2 amide bonds. The van der Waals surface area contributed by atoms with Crippen molar-refractivity contribution >= 4 is 33.4 Å². The first-order valence-electron chi connectivity index (χ1n) is 9.99. The average molecular weight is 457 g/mol. The fourth-order valence-corrected chi connectivity index (χ4v) is 4.56. The van der Waals surface area contributed by atoms with Gasteiger partial charge < -0.3 is 10.2 Å². The van der Waals surface area contributed by atoms with Crippen molar-refractivity contribution in [2.24, 2.45) is 0 Å². The molecule has 4 nitrogen and oxygen atoms in total. The Kier molecular flexibility index (Phi) is 6.18. The molecule has 1 aliphatic rings. The van der Waals surface area contributed by atoms with E-state index in [2.05, 4.69) is 52.4 Å². The number of nitrogens with one attached hydrogen (secondary N) is 1. The molecule has 5 heteroatoms. The zero-order chi connectivity index (χ0) is 21.3. The maximum atomic E-state index is 13.3. The summed E-state index contributed by atoms with van der Waals surface area (Å²) in [6.45, 7) is 9.94. The van der Waals surface area contributed by atoms with E-state index >= 15 is 0 Å². The van der Waals surface area contributed by atoms with Crippen LogP contribution in [-0.4, -0.2) is 28.7 Å². The van der Waals surface area contributed by atoms with E-state index in [-0.39, 0.29) is 34.6 Å². The van der Waals surface area contributed by atoms with Crippen LogP contribution in [0, 0.1) is 13.8 Å². The predicted molar refractivity (Wildman–Crippen MR) is 122 cm³/mol. The highest BCUT2D eigenvalue weighted by molar-refractivity contribution is 9.10. The molecule has 29 heavy (non-hydrogen) atoms. The largest absolute Gasteiger partial charge is 0.350 e. The molecule has 2 aromatic rings. The fraction of sp³-hybridized carbons (Fsp3) is 0.417. The van der Waals surface area contributed by atoms with E-state index in [4.69, 9.17) is 0 Å². The van der Waals surface area contributed by atoms with Crippen molar-refractivity contribution in [3.8, 4) is 0 Å². The van der Waals surface area contributed by atoms with Crippen molar-refractivity contribution in [2.75, 3.05) is 11.4 Å². The lowest BCUT2D eigenvalue weighted by molar-refractivity contribution is -0.124. The normalized spacial score (nSPS) is 19.5. The summed E-state index contributed by atoms with van der Waals surface area (Å²) in [5, 5.41) is 2.97. The Morgan fingerprint density at radius 1 is 1.14 bits per heavy atom. The van der Waals surface area contributed by atoms with Crippen LogP contribution in [0.25, 0.3) is 0 Å². The third kappa shape index (κ3) is 4.89. The Morgan fingerprint density at radius 3 is 2.48 bits per heavy atom. The van der Waals surface area contributed by atoms with E-state index in [1.165, 1.54) is 11.1 Å². The summed E-state index contributed by atoms with van der Waals surface area (Å²) < 4.78 is 0. The van der Waals surface area contributed by atoms with Gasteiger partial charge in [-0.1, -0.05) is 52.3 Å². The first-order chi connectivity index (χ1) is 13.6. The smallest absolute Gasteiger partial charge is 0.241 e. The first-order valence-corrected chi connectivity index (χ1v) is 10.9. The summed E-state index contributed by atoms with van der Waals surface area (Å²) in [6.07, 6.45) is 0.650. The third-order valence-corrected chi connectivity index (χ3v) is 5.97. The van der Waals surface area contributed by atoms with Gasteiger partial charge in [-0.15, -0.1) is 0 Å². The molecule has 0 fully saturated rings. The number of carbonyl (C=O) groups is 2. The summed E-state index contributed by atoms with van der Waals surface area (Å²) in [4.78, 5) is 27.2. The van der Waals surface area contributed by atoms with Gasteiger partial charge in [-0.05, 0) is 69.4 Å². The Balaban J connectivity index is 2.09. The lowest BCUT2D eigenvalue weighted by Crippen LogP contribution is -2.48. The molecule has 1 N–H and O–H groups in total. The molecular weight excluding hydrogens is 428 g/mol. The SMILES string of the molecule is Cc1ccc2c(c1)N(CC(=O)NC(C)(C)C)C(=O)C(Br)CC2c1ccccc1C. The predicted octanol–water partition coefficient (Wildman–Crippen LogP) is 4.85. The van der Waals surface area contributed by atoms with Crippen molar-refractivity contribution in [3.05, 3.63) is 64.7 Å². The van der Waals surface area contributed by atoms with Gasteiger partial charge in [0.2, 0.25) is 11.8 Å². The van der Waals surface area contributed by atoms with Crippen LogP contribution in [0.1, 0.15) is 55.4 Å². The Labute approximate surface area is 181 Å². The number of hydrogen-bond donors (Lipinski definition) is 1. The number of rotatable bonds is 3. The molecule has 0 bridgehead atoms. The Bertz CT molecular complexity index is 933. The molecule has 0 saturated heterocycles. The minimum Gasteiger partial charge on any atom is -0.350 e. The first kappa shape index (κ1) is 21.6. The molecule has 1 aliphatic heterocycles. The number of hydrogen-bond acceptors (Lipinski definition) is 2. The maximum absolute atomic E-state index is 13.3. The topological polar surface area (TPSA) is 49.4 Å². The molecule has 0 saturated carbocycles. The molecule has 0 radical (unpaired) electrons. The standard InChI is InChI=1S/C24H29BrN2O2/c1-15-10-11-18-19(17-9-7-6-8-16(17)2)13-20(25)23(29)27(21(18)12-15)14-22(28)26-24(3,4)5/h6-12,19-20H,13-14H2,1-5H3,(H,26,28). The highest BCUT2D eigenvalue weighted by atomic mass is 79.9. The van der Waals surface area contributed by atoms with Gasteiger partial charge in [0.05, 0.1) is 4.83 Å². The van der Waals surface area contributed by atoms with E-state index in [1.807, 2.05) is 45.9 Å². The molecule has 2 unspecified atom stereocenters. The van der Waals surface area contributed by atoms with Crippen LogP contribution in [0.5, 0.6) is 0 Å². The van der Waals surface area contributed by atoms with Gasteiger partial charge in [-0.2, -0.15) is 0 Å². The van der Waals surface area contributed by atoms with Gasteiger partial charge in [0.1, 0.15) is 6.54 Å². The quantitative estimate of drug-likeness (QED) is 0.670. The maximum Gasteiger partial charge on any atom is 0.241 e. The summed E-state index contributed by atoms with van der Waals surface area (Å²) in [7, 11) is 0. The van der Waals surface area contributed by atoms with Gasteiger partial charge in [-0.3, -0.25) is 9.59 Å². The highest BCUT2D eigenvalue weighted by Crippen LogP contribution is 2.42. The van der Waals surface area contributed by atoms with Crippen LogP contribution < -0.4 is 10.2 Å². The lowest BCUT2D eigenvalue weighted by Gasteiger charge is -2.27. The van der Waals surface area contributed by atoms with Crippen molar-refractivity contribution < 1.29 is 9.59 Å². The molecule has 1 heterocycles. The molecule has 0 aliphatic carbocycles. The van der Waals surface area contributed by atoms with E-state index in [1.54, 1.807) is 4.90 Å². The molecule has 154 valence electrons. The molecule has 0 spiro atoms. The summed E-state index contributed by atoms with van der Waals surface area (Å²) in [5.41, 5.74) is 5.05. The Hall–Kier alpha value is -2.14. The minimum atomic E-state index is -0.359. The zero-order valence-corrected chi connectivity index (χ0v) is 19.3. The van der Waals surface area contributed by atoms with Crippen LogP contribution >= 0.6 is 15.9 Å². The monoisotopic (exact) mass is 456 g/mol. The van der Waals surface area contributed by atoms with Crippen LogP contribution in [-0.2, 0) is 9.59 Å². The van der Waals surface area contributed by atoms with Gasteiger partial charge in [0.25, 0.3) is 0 Å². The number of benzene rings is 2. The summed E-state index contributed by atoms with van der Waals surface area (Å²) in [6, 6.07) is 14.5. The van der Waals surface area contributed by atoms with Crippen molar-refractivity contribution in [1.29, 1.82) is 0 Å². The van der Waals surface area contributed by atoms with Crippen molar-refractivity contribution in [3.63, 3.8) is 0 Å².